The van der Waals surface area contributed by atoms with Crippen molar-refractivity contribution in [2.45, 2.75) is 18.7 Å². The Morgan fingerprint density at radius 2 is 1.71 bits per heavy atom. The van der Waals surface area contributed by atoms with Crippen LogP contribution in [0.5, 0.6) is 0 Å². The van der Waals surface area contributed by atoms with Gasteiger partial charge in [-0.05, 0) is 0 Å². The molecule has 1 aliphatic rings. The first kappa shape index (κ1) is 20.4. The number of benzene rings is 2. The van der Waals surface area contributed by atoms with Crippen molar-refractivity contribution in [1.29, 1.82) is 0 Å². The topological polar surface area (TPSA) is 52.6 Å². The molecule has 4 nitrogen and oxygen atoms in total. The van der Waals surface area contributed by atoms with E-state index in [9.17, 15) is 9.59 Å². The van der Waals surface area contributed by atoms with Gasteiger partial charge in [-0.2, -0.15) is 0 Å². The number of carbonyl (C=O) groups is 2. The molecule has 1 unspecified atom stereocenters. The molecule has 0 saturated carbocycles. The Bertz CT molecular complexity index is 872. The first-order chi connectivity index (χ1) is 13.5. The number of carbonyl (C=O) groups excluding carboxylic acids is 2. The molecule has 0 N–H and O–H groups in total. The SMILES string of the molecule is COC(=O)C1(C(=O)OC)C=C(c2cccc(C)c2)C(C[Se]c2ccccc2)C1. The molecule has 1 aliphatic carbocycles. The second-order valence-corrected chi connectivity index (χ2v) is 9.24. The van der Waals surface area contributed by atoms with Gasteiger partial charge < -0.3 is 0 Å². The van der Waals surface area contributed by atoms with E-state index in [0.29, 0.717) is 6.42 Å². The van der Waals surface area contributed by atoms with E-state index < -0.39 is 17.4 Å². The number of ether oxygens (including phenoxy) is 2. The molecule has 0 heterocycles. The van der Waals surface area contributed by atoms with Crippen LogP contribution in [0.4, 0.5) is 0 Å². The summed E-state index contributed by atoms with van der Waals surface area (Å²) < 4.78 is 11.3. The van der Waals surface area contributed by atoms with Gasteiger partial charge in [0.15, 0.2) is 0 Å². The van der Waals surface area contributed by atoms with Gasteiger partial charge in [-0.3, -0.25) is 0 Å². The molecular formula is C23H24O4Se. The van der Waals surface area contributed by atoms with Crippen LogP contribution in [-0.4, -0.2) is 41.1 Å². The van der Waals surface area contributed by atoms with Gasteiger partial charge in [0.2, 0.25) is 0 Å². The third-order valence-electron chi connectivity index (χ3n) is 5.06. The molecule has 0 fully saturated rings. The van der Waals surface area contributed by atoms with Gasteiger partial charge in [0.25, 0.3) is 0 Å². The van der Waals surface area contributed by atoms with Crippen LogP contribution in [-0.2, 0) is 19.1 Å². The number of methoxy groups -OCH3 is 2. The molecule has 0 bridgehead atoms. The molecule has 5 heteroatoms. The molecular weight excluding hydrogens is 419 g/mol. The molecule has 28 heavy (non-hydrogen) atoms. The van der Waals surface area contributed by atoms with E-state index in [-0.39, 0.29) is 20.9 Å². The number of aryl methyl sites for hydroxylation is 1. The minimum absolute atomic E-state index is 0.0835. The molecule has 2 aromatic rings. The van der Waals surface area contributed by atoms with Crippen molar-refractivity contribution in [1.82, 2.24) is 0 Å². The van der Waals surface area contributed by atoms with E-state index in [4.69, 9.17) is 9.47 Å². The fraction of sp³-hybridized carbons (Fsp3) is 0.304. The summed E-state index contributed by atoms with van der Waals surface area (Å²) in [7, 11) is 2.63. The van der Waals surface area contributed by atoms with Gasteiger partial charge in [0.05, 0.1) is 0 Å². The predicted molar refractivity (Wildman–Crippen MR) is 110 cm³/mol. The van der Waals surface area contributed by atoms with Gasteiger partial charge in [-0.1, -0.05) is 0 Å². The maximum atomic E-state index is 12.6. The van der Waals surface area contributed by atoms with Gasteiger partial charge >= 0.3 is 172 Å². The summed E-state index contributed by atoms with van der Waals surface area (Å²) in [5.74, 6) is -1.03. The van der Waals surface area contributed by atoms with Gasteiger partial charge in [-0.25, -0.2) is 0 Å². The molecule has 3 rings (SSSR count). The molecule has 0 radical (unpaired) electrons. The molecule has 0 saturated heterocycles. The van der Waals surface area contributed by atoms with Crippen molar-refractivity contribution >= 4 is 36.9 Å². The van der Waals surface area contributed by atoms with Crippen LogP contribution in [0.25, 0.3) is 5.57 Å². The molecule has 0 amide bonds. The van der Waals surface area contributed by atoms with E-state index in [1.54, 1.807) is 6.08 Å². The average Bonchev–Trinajstić information content (AvgIpc) is 3.13. The van der Waals surface area contributed by atoms with Crippen LogP contribution < -0.4 is 4.46 Å². The Balaban J connectivity index is 1.99. The second-order valence-electron chi connectivity index (χ2n) is 6.95. The minimum atomic E-state index is -1.37. The van der Waals surface area contributed by atoms with Crippen molar-refractivity contribution in [2.24, 2.45) is 11.3 Å². The predicted octanol–water partition coefficient (Wildman–Crippen LogP) is 3.18. The van der Waals surface area contributed by atoms with Crippen molar-refractivity contribution in [3.63, 3.8) is 0 Å². The monoisotopic (exact) mass is 444 g/mol. The first-order valence-electron chi connectivity index (χ1n) is 9.14. The summed E-state index contributed by atoms with van der Waals surface area (Å²) in [6.07, 6.45) is 2.16. The van der Waals surface area contributed by atoms with E-state index in [0.717, 1.165) is 22.0 Å². The fourth-order valence-corrected chi connectivity index (χ4v) is 5.86. The number of esters is 2. The summed E-state index contributed by atoms with van der Waals surface area (Å²) in [5, 5.41) is 0.895. The Hall–Kier alpha value is -2.36. The van der Waals surface area contributed by atoms with Crippen LogP contribution in [0.2, 0.25) is 5.32 Å². The summed E-state index contributed by atoms with van der Waals surface area (Å²) in [5.41, 5.74) is 1.83. The van der Waals surface area contributed by atoms with Crippen molar-refractivity contribution in [3.8, 4) is 0 Å². The number of rotatable bonds is 6. The maximum absolute atomic E-state index is 12.6. The van der Waals surface area contributed by atoms with Gasteiger partial charge in [0, 0.05) is 0 Å². The number of hydrogen-bond donors (Lipinski definition) is 0. The zero-order valence-electron chi connectivity index (χ0n) is 16.3. The van der Waals surface area contributed by atoms with Gasteiger partial charge in [0.1, 0.15) is 0 Å². The van der Waals surface area contributed by atoms with Crippen LogP contribution in [0.3, 0.4) is 0 Å². The molecule has 0 spiro atoms. The first-order valence-corrected chi connectivity index (χ1v) is 11.2. The quantitative estimate of drug-likeness (QED) is 0.391. The van der Waals surface area contributed by atoms with Crippen LogP contribution in [0.1, 0.15) is 17.5 Å². The summed E-state index contributed by atoms with van der Waals surface area (Å²) in [4.78, 5) is 25.3. The van der Waals surface area contributed by atoms with Crippen LogP contribution in [0, 0.1) is 18.3 Å². The number of hydrogen-bond acceptors (Lipinski definition) is 4. The number of allylic oxidation sites excluding steroid dienone is 1. The Labute approximate surface area is 172 Å². The molecule has 146 valence electrons. The van der Waals surface area contributed by atoms with Crippen LogP contribution in [0.15, 0.2) is 60.7 Å². The van der Waals surface area contributed by atoms with Crippen LogP contribution >= 0.6 is 0 Å². The van der Waals surface area contributed by atoms with Crippen molar-refractivity contribution < 1.29 is 19.1 Å². The van der Waals surface area contributed by atoms with Crippen molar-refractivity contribution in [3.05, 3.63) is 71.8 Å². The fourth-order valence-electron chi connectivity index (χ4n) is 3.68. The summed E-state index contributed by atoms with van der Waals surface area (Å²) in [6.45, 7) is 2.04. The molecule has 2 aromatic carbocycles. The Morgan fingerprint density at radius 1 is 1.04 bits per heavy atom. The van der Waals surface area contributed by atoms with E-state index in [2.05, 4.69) is 18.2 Å². The Morgan fingerprint density at radius 3 is 2.32 bits per heavy atom. The van der Waals surface area contributed by atoms with E-state index in [1.807, 2.05) is 43.3 Å². The van der Waals surface area contributed by atoms with E-state index >= 15 is 0 Å². The molecule has 0 aromatic heterocycles. The van der Waals surface area contributed by atoms with E-state index in [1.165, 1.54) is 18.7 Å². The average molecular weight is 443 g/mol. The standard InChI is InChI=1S/C23H24O4Se/c1-16-8-7-9-17(12-16)20-14-23(21(24)26-2,22(25)27-3)13-18(20)15-28-19-10-5-4-6-11-19/h4-12,14,18H,13,15H2,1-3H3. The zero-order chi connectivity index (χ0) is 20.1. The third-order valence-corrected chi connectivity index (χ3v) is 7.52. The molecule has 1 atom stereocenters. The third kappa shape index (κ3) is 4.06. The summed E-state index contributed by atoms with van der Waals surface area (Å²) in [6, 6.07) is 18.5. The zero-order valence-corrected chi connectivity index (χ0v) is 18.0. The summed E-state index contributed by atoms with van der Waals surface area (Å²) >= 11 is 0.233. The molecule has 0 aliphatic heterocycles. The second kappa shape index (κ2) is 8.76. The van der Waals surface area contributed by atoms with Crippen molar-refractivity contribution in [2.75, 3.05) is 14.2 Å². The Kier molecular flexibility index (Phi) is 6.38. The van der Waals surface area contributed by atoms with Gasteiger partial charge in [-0.15, -0.1) is 0 Å². The normalized spacial score (nSPS) is 17.7.